The van der Waals surface area contributed by atoms with Gasteiger partial charge in [0, 0.05) is 11.1 Å². The summed E-state index contributed by atoms with van der Waals surface area (Å²) >= 11 is 1.37. The fourth-order valence-electron chi connectivity index (χ4n) is 1.61. The monoisotopic (exact) mass is 236 g/mol. The molecule has 2 rings (SSSR count). The van der Waals surface area contributed by atoms with Crippen LogP contribution >= 0.6 is 11.3 Å². The van der Waals surface area contributed by atoms with Crippen LogP contribution in [-0.4, -0.2) is 5.78 Å². The smallest absolute Gasteiger partial charge is 0.173 e. The van der Waals surface area contributed by atoms with Crippen molar-refractivity contribution in [1.29, 1.82) is 0 Å². The normalized spacial score (nSPS) is 11.2. The number of carbonyl (C=O) groups is 1. The summed E-state index contributed by atoms with van der Waals surface area (Å²) in [6.45, 7) is 4.04. The molecule has 0 aliphatic heterocycles. The third kappa shape index (κ3) is 2.30. The number of thiophene rings is 1. The Morgan fingerprint density at radius 3 is 2.81 bits per heavy atom. The average molecular weight is 236 g/mol. The fourth-order valence-corrected chi connectivity index (χ4v) is 2.65. The number of rotatable bonds is 3. The SMILES string of the molecule is CC(C)CC(=O)c1cc2ccc(F)cc2s1. The van der Waals surface area contributed by atoms with Crippen LogP contribution in [0.15, 0.2) is 24.3 Å². The van der Waals surface area contributed by atoms with E-state index in [0.717, 1.165) is 15.0 Å². The quantitative estimate of drug-likeness (QED) is 0.727. The molecule has 1 nitrogen and oxygen atoms in total. The second-order valence-corrected chi connectivity index (χ2v) is 5.40. The van der Waals surface area contributed by atoms with Gasteiger partial charge in [0.1, 0.15) is 5.82 Å². The Morgan fingerprint density at radius 1 is 1.38 bits per heavy atom. The Bertz CT molecular complexity index is 528. The van der Waals surface area contributed by atoms with Crippen LogP contribution in [0.3, 0.4) is 0 Å². The molecule has 0 N–H and O–H groups in total. The van der Waals surface area contributed by atoms with Crippen molar-refractivity contribution in [2.75, 3.05) is 0 Å². The summed E-state index contributed by atoms with van der Waals surface area (Å²) in [5, 5.41) is 0.943. The Hall–Kier alpha value is -1.22. The van der Waals surface area contributed by atoms with E-state index in [1.165, 1.54) is 23.5 Å². The summed E-state index contributed by atoms with van der Waals surface area (Å²) in [6.07, 6.45) is 0.551. The minimum atomic E-state index is -0.253. The van der Waals surface area contributed by atoms with Crippen molar-refractivity contribution >= 4 is 27.2 Å². The lowest BCUT2D eigenvalue weighted by Gasteiger charge is -2.00. The molecule has 0 unspecified atom stereocenters. The summed E-state index contributed by atoms with van der Waals surface area (Å²) in [4.78, 5) is 12.6. The lowest BCUT2D eigenvalue weighted by atomic mass is 10.1. The molecule has 3 heteroatoms. The summed E-state index contributed by atoms with van der Waals surface area (Å²) in [7, 11) is 0. The zero-order valence-corrected chi connectivity index (χ0v) is 10.1. The number of benzene rings is 1. The minimum absolute atomic E-state index is 0.150. The van der Waals surface area contributed by atoms with Crippen LogP contribution in [0.25, 0.3) is 10.1 Å². The van der Waals surface area contributed by atoms with Crippen LogP contribution in [-0.2, 0) is 0 Å². The number of Topliss-reactive ketones (excluding diaryl/α,β-unsaturated/α-hetero) is 1. The molecule has 0 saturated carbocycles. The average Bonchev–Trinajstić information content (AvgIpc) is 2.59. The molecule has 1 aromatic heterocycles. The van der Waals surface area contributed by atoms with Crippen molar-refractivity contribution in [1.82, 2.24) is 0 Å². The molecule has 0 atom stereocenters. The molecule has 0 bridgehead atoms. The van der Waals surface area contributed by atoms with E-state index in [4.69, 9.17) is 0 Å². The molecular formula is C13H13FOS. The highest BCUT2D eigenvalue weighted by Crippen LogP contribution is 2.27. The summed E-state index contributed by atoms with van der Waals surface area (Å²) in [6, 6.07) is 6.47. The van der Waals surface area contributed by atoms with Crippen LogP contribution in [0.5, 0.6) is 0 Å². The molecule has 0 aliphatic rings. The zero-order chi connectivity index (χ0) is 11.7. The standard InChI is InChI=1S/C13H13FOS/c1-8(2)5-11(15)13-6-9-3-4-10(14)7-12(9)16-13/h3-4,6-8H,5H2,1-2H3. The van der Waals surface area contributed by atoms with Crippen molar-refractivity contribution < 1.29 is 9.18 Å². The van der Waals surface area contributed by atoms with Gasteiger partial charge in [-0.15, -0.1) is 11.3 Å². The third-order valence-electron chi connectivity index (χ3n) is 2.35. The van der Waals surface area contributed by atoms with Crippen LogP contribution in [0.4, 0.5) is 4.39 Å². The second-order valence-electron chi connectivity index (χ2n) is 4.31. The molecule has 2 aromatic rings. The third-order valence-corrected chi connectivity index (χ3v) is 3.49. The van der Waals surface area contributed by atoms with Gasteiger partial charge in [-0.3, -0.25) is 4.79 Å². The number of hydrogen-bond donors (Lipinski definition) is 0. The van der Waals surface area contributed by atoms with Crippen molar-refractivity contribution in [3.8, 4) is 0 Å². The molecule has 0 saturated heterocycles. The van der Waals surface area contributed by atoms with Crippen LogP contribution in [0.1, 0.15) is 29.9 Å². The minimum Gasteiger partial charge on any atom is -0.293 e. The van der Waals surface area contributed by atoms with Crippen molar-refractivity contribution in [3.63, 3.8) is 0 Å². The van der Waals surface area contributed by atoms with Gasteiger partial charge in [-0.1, -0.05) is 19.9 Å². The Balaban J connectivity index is 2.36. The summed E-state index contributed by atoms with van der Waals surface area (Å²) in [5.41, 5.74) is 0. The highest BCUT2D eigenvalue weighted by Gasteiger charge is 2.12. The maximum Gasteiger partial charge on any atom is 0.173 e. The van der Waals surface area contributed by atoms with E-state index < -0.39 is 0 Å². The van der Waals surface area contributed by atoms with Crippen molar-refractivity contribution in [2.45, 2.75) is 20.3 Å². The predicted molar refractivity (Wildman–Crippen MR) is 65.6 cm³/mol. The molecule has 1 heterocycles. The van der Waals surface area contributed by atoms with Crippen LogP contribution < -0.4 is 0 Å². The van der Waals surface area contributed by atoms with Crippen molar-refractivity contribution in [3.05, 3.63) is 35.0 Å². The maximum absolute atomic E-state index is 13.0. The molecule has 0 aliphatic carbocycles. The first-order valence-corrected chi connectivity index (χ1v) is 6.10. The van der Waals surface area contributed by atoms with E-state index in [1.54, 1.807) is 6.07 Å². The summed E-state index contributed by atoms with van der Waals surface area (Å²) in [5.74, 6) is 0.253. The molecular weight excluding hydrogens is 223 g/mol. The highest BCUT2D eigenvalue weighted by molar-refractivity contribution is 7.20. The molecule has 0 radical (unpaired) electrons. The van der Waals surface area contributed by atoms with E-state index in [2.05, 4.69) is 0 Å². The van der Waals surface area contributed by atoms with Gasteiger partial charge in [-0.25, -0.2) is 4.39 Å². The van der Waals surface area contributed by atoms with Crippen LogP contribution in [0, 0.1) is 11.7 Å². The number of ketones is 1. The topological polar surface area (TPSA) is 17.1 Å². The molecule has 0 spiro atoms. The van der Waals surface area contributed by atoms with Gasteiger partial charge in [-0.05, 0) is 29.5 Å². The Labute approximate surface area is 97.9 Å². The largest absolute Gasteiger partial charge is 0.293 e. The zero-order valence-electron chi connectivity index (χ0n) is 9.29. The first-order valence-electron chi connectivity index (χ1n) is 5.28. The highest BCUT2D eigenvalue weighted by atomic mass is 32.1. The number of hydrogen-bond acceptors (Lipinski definition) is 2. The summed E-state index contributed by atoms with van der Waals surface area (Å²) < 4.78 is 13.8. The van der Waals surface area contributed by atoms with Gasteiger partial charge in [0.2, 0.25) is 0 Å². The molecule has 0 amide bonds. The van der Waals surface area contributed by atoms with E-state index in [9.17, 15) is 9.18 Å². The molecule has 1 aromatic carbocycles. The van der Waals surface area contributed by atoms with Gasteiger partial charge in [-0.2, -0.15) is 0 Å². The Morgan fingerprint density at radius 2 is 2.12 bits per heavy atom. The second kappa shape index (κ2) is 4.34. The lowest BCUT2D eigenvalue weighted by Crippen LogP contribution is -2.00. The first kappa shape index (κ1) is 11.3. The molecule has 0 fully saturated rings. The van der Waals surface area contributed by atoms with E-state index in [-0.39, 0.29) is 11.6 Å². The van der Waals surface area contributed by atoms with Gasteiger partial charge in [0.25, 0.3) is 0 Å². The van der Waals surface area contributed by atoms with Gasteiger partial charge in [0.15, 0.2) is 5.78 Å². The van der Waals surface area contributed by atoms with E-state index >= 15 is 0 Å². The van der Waals surface area contributed by atoms with Crippen molar-refractivity contribution in [2.24, 2.45) is 5.92 Å². The number of fused-ring (bicyclic) bond motifs is 1. The molecule has 84 valence electrons. The predicted octanol–water partition coefficient (Wildman–Crippen LogP) is 4.27. The number of carbonyl (C=O) groups excluding carboxylic acids is 1. The number of halogens is 1. The lowest BCUT2D eigenvalue weighted by molar-refractivity contribution is 0.0972. The van der Waals surface area contributed by atoms with E-state index in [1.807, 2.05) is 19.9 Å². The van der Waals surface area contributed by atoms with E-state index in [0.29, 0.717) is 12.3 Å². The van der Waals surface area contributed by atoms with Crippen LogP contribution in [0.2, 0.25) is 0 Å². The van der Waals surface area contributed by atoms with Gasteiger partial charge >= 0.3 is 0 Å². The maximum atomic E-state index is 13.0. The fraction of sp³-hybridized carbons (Fsp3) is 0.308. The molecule has 16 heavy (non-hydrogen) atoms. The van der Waals surface area contributed by atoms with Gasteiger partial charge in [0.05, 0.1) is 4.88 Å². The Kier molecular flexibility index (Phi) is 3.06. The van der Waals surface area contributed by atoms with Gasteiger partial charge < -0.3 is 0 Å². The first-order chi connectivity index (χ1) is 7.56.